The molecule has 0 atom stereocenters. The minimum absolute atomic E-state index is 0.0140. The van der Waals surface area contributed by atoms with Gasteiger partial charge in [0, 0.05) is 12.1 Å². The van der Waals surface area contributed by atoms with E-state index in [2.05, 4.69) is 19.7 Å². The smallest absolute Gasteiger partial charge is 0.325 e. The normalized spacial score (nSPS) is 10.5. The standard InChI is InChI=1S/C19H24N4O5S/c1-5-23-18(14-9-7-6-8-13(14)2)20-21-19(23)29-12-15(24)22(10-16(25)27-3)11-17(26)28-4/h6-9H,5,10-12H2,1-4H3. The van der Waals surface area contributed by atoms with E-state index in [1.54, 1.807) is 0 Å². The first-order chi connectivity index (χ1) is 13.9. The predicted octanol–water partition coefficient (Wildman–Crippen LogP) is 1.54. The molecule has 10 heteroatoms. The fraction of sp³-hybridized carbons (Fsp3) is 0.421. The summed E-state index contributed by atoms with van der Waals surface area (Å²) in [7, 11) is 2.43. The molecule has 9 nitrogen and oxygen atoms in total. The van der Waals surface area contributed by atoms with E-state index in [1.807, 2.05) is 42.7 Å². The molecule has 0 aliphatic rings. The molecule has 1 heterocycles. The average molecular weight is 420 g/mol. The summed E-state index contributed by atoms with van der Waals surface area (Å²) in [6.07, 6.45) is 0. The number of aromatic nitrogens is 3. The van der Waals surface area contributed by atoms with Gasteiger partial charge in [0.05, 0.1) is 20.0 Å². The predicted molar refractivity (Wildman–Crippen MR) is 107 cm³/mol. The van der Waals surface area contributed by atoms with Crippen molar-refractivity contribution in [3.8, 4) is 11.4 Å². The molecule has 2 rings (SSSR count). The van der Waals surface area contributed by atoms with Crippen LogP contribution in [-0.2, 0) is 30.4 Å². The number of nitrogens with zero attached hydrogens (tertiary/aromatic N) is 4. The first-order valence-electron chi connectivity index (χ1n) is 8.94. The van der Waals surface area contributed by atoms with Crippen molar-refractivity contribution >= 4 is 29.6 Å². The minimum Gasteiger partial charge on any atom is -0.468 e. The van der Waals surface area contributed by atoms with Gasteiger partial charge in [-0.1, -0.05) is 36.0 Å². The van der Waals surface area contributed by atoms with Crippen LogP contribution in [0.5, 0.6) is 0 Å². The third-order valence-electron chi connectivity index (χ3n) is 4.19. The Morgan fingerprint density at radius 1 is 1.07 bits per heavy atom. The van der Waals surface area contributed by atoms with Gasteiger partial charge >= 0.3 is 11.9 Å². The average Bonchev–Trinajstić information content (AvgIpc) is 3.14. The molecule has 0 unspecified atom stereocenters. The number of methoxy groups -OCH3 is 2. The van der Waals surface area contributed by atoms with Crippen LogP contribution in [0.15, 0.2) is 29.4 Å². The monoisotopic (exact) mass is 420 g/mol. The van der Waals surface area contributed by atoms with E-state index in [9.17, 15) is 14.4 Å². The van der Waals surface area contributed by atoms with Crippen molar-refractivity contribution in [2.24, 2.45) is 0 Å². The highest BCUT2D eigenvalue weighted by atomic mass is 32.2. The summed E-state index contributed by atoms with van der Waals surface area (Å²) in [4.78, 5) is 36.8. The number of esters is 2. The lowest BCUT2D eigenvalue weighted by molar-refractivity contribution is -0.151. The second kappa shape index (κ2) is 10.6. The number of hydrogen-bond acceptors (Lipinski definition) is 8. The summed E-state index contributed by atoms with van der Waals surface area (Å²) >= 11 is 1.19. The summed E-state index contributed by atoms with van der Waals surface area (Å²) in [6.45, 7) is 3.93. The van der Waals surface area contributed by atoms with E-state index in [4.69, 9.17) is 0 Å². The van der Waals surface area contributed by atoms with Crippen molar-refractivity contribution in [2.45, 2.75) is 25.5 Å². The Bertz CT molecular complexity index is 865. The van der Waals surface area contributed by atoms with Crippen molar-refractivity contribution in [3.05, 3.63) is 29.8 Å². The van der Waals surface area contributed by atoms with Crippen LogP contribution >= 0.6 is 11.8 Å². The molecule has 0 saturated heterocycles. The summed E-state index contributed by atoms with van der Waals surface area (Å²) < 4.78 is 11.1. The lowest BCUT2D eigenvalue weighted by Crippen LogP contribution is -2.41. The van der Waals surface area contributed by atoms with Crippen molar-refractivity contribution in [1.82, 2.24) is 19.7 Å². The maximum Gasteiger partial charge on any atom is 0.325 e. The summed E-state index contributed by atoms with van der Waals surface area (Å²) in [5, 5.41) is 9.07. The molecule has 0 spiro atoms. The summed E-state index contributed by atoms with van der Waals surface area (Å²) in [5.74, 6) is -0.938. The zero-order valence-corrected chi connectivity index (χ0v) is 17.7. The van der Waals surface area contributed by atoms with Gasteiger partial charge in [0.1, 0.15) is 13.1 Å². The van der Waals surface area contributed by atoms with Crippen LogP contribution in [0.2, 0.25) is 0 Å². The Hall–Kier alpha value is -2.88. The van der Waals surface area contributed by atoms with E-state index in [0.717, 1.165) is 21.9 Å². The molecule has 156 valence electrons. The summed E-state index contributed by atoms with van der Waals surface area (Å²) in [5.41, 5.74) is 2.04. The number of amides is 1. The number of hydrogen-bond donors (Lipinski definition) is 0. The molecule has 0 aliphatic heterocycles. The molecule has 0 aliphatic carbocycles. The van der Waals surface area contributed by atoms with Crippen molar-refractivity contribution in [2.75, 3.05) is 33.1 Å². The molecule has 0 saturated carbocycles. The molecule has 29 heavy (non-hydrogen) atoms. The van der Waals surface area contributed by atoms with E-state index in [0.29, 0.717) is 11.7 Å². The first kappa shape index (κ1) is 22.4. The van der Waals surface area contributed by atoms with E-state index in [1.165, 1.54) is 26.0 Å². The Balaban J connectivity index is 2.14. The number of ether oxygens (including phenoxy) is 2. The molecular formula is C19H24N4O5S. The van der Waals surface area contributed by atoms with Gasteiger partial charge in [-0.2, -0.15) is 0 Å². The number of thioether (sulfide) groups is 1. The Labute approximate surface area is 173 Å². The Morgan fingerprint density at radius 2 is 1.69 bits per heavy atom. The van der Waals surface area contributed by atoms with Gasteiger partial charge in [-0.25, -0.2) is 0 Å². The highest BCUT2D eigenvalue weighted by molar-refractivity contribution is 7.99. The number of rotatable bonds is 9. The van der Waals surface area contributed by atoms with Gasteiger partial charge in [-0.15, -0.1) is 10.2 Å². The van der Waals surface area contributed by atoms with Crippen molar-refractivity contribution < 1.29 is 23.9 Å². The number of carbonyl (C=O) groups excluding carboxylic acids is 3. The fourth-order valence-corrected chi connectivity index (χ4v) is 3.50. The number of carbonyl (C=O) groups is 3. The molecule has 0 radical (unpaired) electrons. The maximum atomic E-state index is 12.6. The zero-order chi connectivity index (χ0) is 21.4. The van der Waals surface area contributed by atoms with Crippen LogP contribution in [0.25, 0.3) is 11.4 Å². The molecule has 0 fully saturated rings. The number of aryl methyl sites for hydroxylation is 1. The lowest BCUT2D eigenvalue weighted by Gasteiger charge is -2.19. The van der Waals surface area contributed by atoms with E-state index < -0.39 is 17.8 Å². The van der Waals surface area contributed by atoms with Crippen LogP contribution in [-0.4, -0.2) is 70.6 Å². The van der Waals surface area contributed by atoms with Gasteiger partial charge in [-0.05, 0) is 19.4 Å². The van der Waals surface area contributed by atoms with Crippen LogP contribution in [0.3, 0.4) is 0 Å². The molecule has 1 aromatic heterocycles. The summed E-state index contributed by atoms with van der Waals surface area (Å²) in [6, 6.07) is 7.86. The quantitative estimate of drug-likeness (QED) is 0.445. The fourth-order valence-electron chi connectivity index (χ4n) is 2.59. The van der Waals surface area contributed by atoms with E-state index >= 15 is 0 Å². The lowest BCUT2D eigenvalue weighted by atomic mass is 10.1. The minimum atomic E-state index is -0.620. The van der Waals surface area contributed by atoms with Gasteiger partial charge in [0.15, 0.2) is 11.0 Å². The third kappa shape index (κ3) is 5.80. The Kier molecular flexibility index (Phi) is 8.20. The highest BCUT2D eigenvalue weighted by Crippen LogP contribution is 2.26. The SMILES string of the molecule is CCn1c(SCC(=O)N(CC(=O)OC)CC(=O)OC)nnc1-c1ccccc1C. The largest absolute Gasteiger partial charge is 0.468 e. The van der Waals surface area contributed by atoms with Crippen LogP contribution in [0, 0.1) is 6.92 Å². The first-order valence-corrected chi connectivity index (χ1v) is 9.93. The second-order valence-corrected chi connectivity index (χ2v) is 7.00. The van der Waals surface area contributed by atoms with Gasteiger partial charge in [0.25, 0.3) is 0 Å². The Morgan fingerprint density at radius 3 is 2.24 bits per heavy atom. The molecule has 0 N–H and O–H groups in total. The second-order valence-electron chi connectivity index (χ2n) is 6.06. The van der Waals surface area contributed by atoms with Crippen molar-refractivity contribution in [3.63, 3.8) is 0 Å². The van der Waals surface area contributed by atoms with Gasteiger partial charge in [0.2, 0.25) is 5.91 Å². The van der Waals surface area contributed by atoms with E-state index in [-0.39, 0.29) is 18.8 Å². The molecule has 1 aromatic carbocycles. The molecule has 1 amide bonds. The van der Waals surface area contributed by atoms with Gasteiger partial charge < -0.3 is 18.9 Å². The third-order valence-corrected chi connectivity index (χ3v) is 5.14. The molecule has 2 aromatic rings. The van der Waals surface area contributed by atoms with Crippen LogP contribution in [0.1, 0.15) is 12.5 Å². The maximum absolute atomic E-state index is 12.6. The van der Waals surface area contributed by atoms with Crippen LogP contribution < -0.4 is 0 Å². The molecule has 0 bridgehead atoms. The molecular weight excluding hydrogens is 396 g/mol. The van der Waals surface area contributed by atoms with Gasteiger partial charge in [-0.3, -0.25) is 14.4 Å². The number of benzene rings is 1. The van der Waals surface area contributed by atoms with Crippen molar-refractivity contribution in [1.29, 1.82) is 0 Å². The topological polar surface area (TPSA) is 104 Å². The zero-order valence-electron chi connectivity index (χ0n) is 16.9. The van der Waals surface area contributed by atoms with Crippen LogP contribution in [0.4, 0.5) is 0 Å². The highest BCUT2D eigenvalue weighted by Gasteiger charge is 2.22.